The molecule has 2 fully saturated rings. The highest BCUT2D eigenvalue weighted by Crippen LogP contribution is 2.28. The highest BCUT2D eigenvalue weighted by molar-refractivity contribution is 14.0. The molecule has 5 nitrogen and oxygen atoms in total. The Balaban J connectivity index is 0.00000243. The third-order valence-electron chi connectivity index (χ3n) is 4.96. The van der Waals surface area contributed by atoms with Gasteiger partial charge in [0.05, 0.1) is 5.69 Å². The predicted molar refractivity (Wildman–Crippen MR) is 127 cm³/mol. The number of halogens is 1. The highest BCUT2D eigenvalue weighted by Gasteiger charge is 2.24. The van der Waals surface area contributed by atoms with Crippen LogP contribution in [0.5, 0.6) is 0 Å². The van der Waals surface area contributed by atoms with Gasteiger partial charge in [0.1, 0.15) is 0 Å². The fourth-order valence-corrected chi connectivity index (χ4v) is 5.26. The molecule has 0 amide bonds. The third kappa shape index (κ3) is 6.44. The predicted octanol–water partition coefficient (Wildman–Crippen LogP) is 3.74. The first-order valence-electron chi connectivity index (χ1n) is 9.55. The summed E-state index contributed by atoms with van der Waals surface area (Å²) in [5, 5.41) is 11.2. The van der Waals surface area contributed by atoms with Gasteiger partial charge in [-0.05, 0) is 45.3 Å². The lowest BCUT2D eigenvalue weighted by Crippen LogP contribution is -2.42. The molecule has 3 rings (SSSR count). The Morgan fingerprint density at radius 2 is 2.19 bits per heavy atom. The Bertz CT molecular complexity index is 560. The van der Waals surface area contributed by atoms with E-state index in [0.29, 0.717) is 6.04 Å². The second-order valence-corrected chi connectivity index (χ2v) is 8.81. The van der Waals surface area contributed by atoms with Crippen LogP contribution in [0.25, 0.3) is 0 Å². The highest BCUT2D eigenvalue weighted by atomic mass is 127. The van der Waals surface area contributed by atoms with Crippen molar-refractivity contribution in [2.24, 2.45) is 4.99 Å². The smallest absolute Gasteiger partial charge is 0.191 e. The number of aromatic nitrogens is 1. The van der Waals surface area contributed by atoms with Crippen molar-refractivity contribution in [2.45, 2.75) is 56.7 Å². The first kappa shape index (κ1) is 22.1. The first-order valence-corrected chi connectivity index (χ1v) is 11.7. The van der Waals surface area contributed by atoms with Crippen molar-refractivity contribution >= 4 is 58.2 Å². The first-order chi connectivity index (χ1) is 12.3. The summed E-state index contributed by atoms with van der Waals surface area (Å²) in [5.41, 5.74) is 1.18. The second-order valence-electron chi connectivity index (χ2n) is 6.84. The van der Waals surface area contributed by atoms with Crippen LogP contribution in [0.15, 0.2) is 10.4 Å². The second kappa shape index (κ2) is 11.6. The standard InChI is InChI=1S/C18H31N5S2.HI/c1-3-19-17(21-14-6-7-16(12-14)24-2)20-9-8-15-13-25-18(22-15)23-10-4-5-11-23;/h13-14,16H,3-12H2,1-2H3,(H2,19,20,21);1H. The zero-order valence-corrected chi connectivity index (χ0v) is 19.8. The van der Waals surface area contributed by atoms with Gasteiger partial charge in [0.25, 0.3) is 0 Å². The molecule has 1 saturated carbocycles. The Morgan fingerprint density at radius 3 is 2.88 bits per heavy atom. The molecule has 2 N–H and O–H groups in total. The van der Waals surface area contributed by atoms with Crippen LogP contribution in [-0.4, -0.2) is 54.7 Å². The van der Waals surface area contributed by atoms with Crippen molar-refractivity contribution in [3.05, 3.63) is 11.1 Å². The molecule has 26 heavy (non-hydrogen) atoms. The van der Waals surface area contributed by atoms with Crippen molar-refractivity contribution in [3.8, 4) is 0 Å². The molecular weight excluding hydrogens is 477 g/mol. The molecule has 8 heteroatoms. The van der Waals surface area contributed by atoms with Crippen molar-refractivity contribution < 1.29 is 0 Å². The molecule has 2 aliphatic rings. The molecule has 1 saturated heterocycles. The van der Waals surface area contributed by atoms with Crippen LogP contribution in [0, 0.1) is 0 Å². The molecule has 1 aliphatic heterocycles. The number of nitrogens with one attached hydrogen (secondary N) is 2. The van der Waals surface area contributed by atoms with Crippen LogP contribution in [0.4, 0.5) is 5.13 Å². The van der Waals surface area contributed by atoms with Crippen LogP contribution in [0.2, 0.25) is 0 Å². The summed E-state index contributed by atoms with van der Waals surface area (Å²) in [6.07, 6.45) is 9.55. The topological polar surface area (TPSA) is 52.6 Å². The number of thioether (sulfide) groups is 1. The van der Waals surface area contributed by atoms with E-state index in [9.17, 15) is 0 Å². The maximum atomic E-state index is 4.79. The van der Waals surface area contributed by atoms with E-state index in [0.717, 1.165) is 43.8 Å². The molecule has 1 aromatic heterocycles. The lowest BCUT2D eigenvalue weighted by molar-refractivity contribution is 0.615. The van der Waals surface area contributed by atoms with Crippen LogP contribution in [0.3, 0.4) is 0 Å². The van der Waals surface area contributed by atoms with Crippen LogP contribution < -0.4 is 15.5 Å². The zero-order valence-electron chi connectivity index (χ0n) is 15.9. The van der Waals surface area contributed by atoms with Gasteiger partial charge in [-0.3, -0.25) is 4.99 Å². The average Bonchev–Trinajstić information content (AvgIpc) is 3.36. The number of aliphatic imine (C=N–C) groups is 1. The molecule has 2 unspecified atom stereocenters. The van der Waals surface area contributed by atoms with Crippen molar-refractivity contribution in [1.82, 2.24) is 15.6 Å². The van der Waals surface area contributed by atoms with Gasteiger partial charge in [-0.1, -0.05) is 0 Å². The van der Waals surface area contributed by atoms with Gasteiger partial charge in [0, 0.05) is 49.3 Å². The largest absolute Gasteiger partial charge is 0.357 e. The van der Waals surface area contributed by atoms with E-state index in [4.69, 9.17) is 9.98 Å². The lowest BCUT2D eigenvalue weighted by atomic mass is 10.2. The van der Waals surface area contributed by atoms with Gasteiger partial charge < -0.3 is 15.5 Å². The summed E-state index contributed by atoms with van der Waals surface area (Å²) in [7, 11) is 0. The maximum absolute atomic E-state index is 4.79. The van der Waals surface area contributed by atoms with Gasteiger partial charge in [0.15, 0.2) is 11.1 Å². The van der Waals surface area contributed by atoms with Gasteiger partial charge in [0.2, 0.25) is 0 Å². The Morgan fingerprint density at radius 1 is 1.38 bits per heavy atom. The number of rotatable bonds is 7. The Labute approximate surface area is 183 Å². The average molecular weight is 510 g/mol. The molecule has 0 bridgehead atoms. The minimum atomic E-state index is 0. The fourth-order valence-electron chi connectivity index (χ4n) is 3.55. The van der Waals surface area contributed by atoms with Crippen LogP contribution in [-0.2, 0) is 6.42 Å². The summed E-state index contributed by atoms with van der Waals surface area (Å²) in [4.78, 5) is 12.0. The molecule has 2 atom stereocenters. The van der Waals surface area contributed by atoms with Gasteiger partial charge in [-0.25, -0.2) is 4.98 Å². The third-order valence-corrected chi connectivity index (χ3v) is 7.00. The summed E-state index contributed by atoms with van der Waals surface area (Å²) in [6, 6.07) is 0.566. The number of thiazole rings is 1. The van der Waals surface area contributed by atoms with E-state index in [1.54, 1.807) is 11.3 Å². The van der Waals surface area contributed by atoms with Gasteiger partial charge in [-0.15, -0.1) is 35.3 Å². The summed E-state index contributed by atoms with van der Waals surface area (Å²) in [6.45, 7) is 6.15. The summed E-state index contributed by atoms with van der Waals surface area (Å²) in [5.74, 6) is 0.962. The summed E-state index contributed by atoms with van der Waals surface area (Å²) < 4.78 is 0. The molecule has 1 aromatic rings. The number of nitrogens with zero attached hydrogens (tertiary/aromatic N) is 3. The minimum absolute atomic E-state index is 0. The van der Waals surface area contributed by atoms with E-state index in [1.165, 1.54) is 42.9 Å². The van der Waals surface area contributed by atoms with Crippen LogP contribution >= 0.6 is 47.1 Å². The summed E-state index contributed by atoms with van der Waals surface area (Å²) >= 11 is 3.77. The quantitative estimate of drug-likeness (QED) is 0.333. The molecular formula is C18H32IN5S2. The number of anilines is 1. The SMILES string of the molecule is CCNC(=NCCc1csc(N2CCCC2)n1)NC1CCC(SC)C1.I. The monoisotopic (exact) mass is 509 g/mol. The van der Waals surface area contributed by atoms with E-state index in [-0.39, 0.29) is 24.0 Å². The molecule has 0 aromatic carbocycles. The number of guanidine groups is 1. The van der Waals surface area contributed by atoms with E-state index in [2.05, 4.69) is 34.1 Å². The van der Waals surface area contributed by atoms with Crippen LogP contribution in [0.1, 0.15) is 44.7 Å². The molecule has 1 aliphatic carbocycles. The maximum Gasteiger partial charge on any atom is 0.191 e. The van der Waals surface area contributed by atoms with Crippen molar-refractivity contribution in [2.75, 3.05) is 37.3 Å². The van der Waals surface area contributed by atoms with E-state index in [1.807, 2.05) is 11.8 Å². The van der Waals surface area contributed by atoms with E-state index >= 15 is 0 Å². The van der Waals surface area contributed by atoms with Gasteiger partial charge in [-0.2, -0.15) is 11.8 Å². The zero-order chi connectivity index (χ0) is 17.5. The molecule has 0 radical (unpaired) electrons. The normalized spacial score (nSPS) is 23.2. The minimum Gasteiger partial charge on any atom is -0.357 e. The van der Waals surface area contributed by atoms with Gasteiger partial charge >= 0.3 is 0 Å². The molecule has 148 valence electrons. The Kier molecular flexibility index (Phi) is 9.83. The fraction of sp³-hybridized carbons (Fsp3) is 0.778. The molecule has 2 heterocycles. The van der Waals surface area contributed by atoms with Crippen molar-refractivity contribution in [1.29, 1.82) is 0 Å². The van der Waals surface area contributed by atoms with Crippen molar-refractivity contribution in [3.63, 3.8) is 0 Å². The number of hydrogen-bond donors (Lipinski definition) is 2. The lowest BCUT2D eigenvalue weighted by Gasteiger charge is -2.17. The molecule has 0 spiro atoms. The Hall–Kier alpha value is -0.220. The number of hydrogen-bond acceptors (Lipinski definition) is 5. The van der Waals surface area contributed by atoms with E-state index < -0.39 is 0 Å².